The van der Waals surface area contributed by atoms with Gasteiger partial charge in [0.1, 0.15) is 5.75 Å². The monoisotopic (exact) mass is 320 g/mol. The molecule has 0 unspecified atom stereocenters. The molecule has 118 valence electrons. The second kappa shape index (κ2) is 6.83. The van der Waals surface area contributed by atoms with Crippen LogP contribution in [0.1, 0.15) is 21.5 Å². The van der Waals surface area contributed by atoms with E-state index in [1.165, 1.54) is 12.1 Å². The summed E-state index contributed by atoms with van der Waals surface area (Å²) in [6, 6.07) is 13.3. The van der Waals surface area contributed by atoms with Gasteiger partial charge in [0.05, 0.1) is 11.6 Å². The number of hydrogen-bond acceptors (Lipinski definition) is 3. The van der Waals surface area contributed by atoms with E-state index >= 15 is 0 Å². The number of benzene rings is 2. The first kappa shape index (κ1) is 16.4. The van der Waals surface area contributed by atoms with E-state index in [0.29, 0.717) is 5.56 Å². The van der Waals surface area contributed by atoms with E-state index < -0.39 is 18.0 Å². The Morgan fingerprint density at radius 1 is 1.17 bits per heavy atom. The number of nitrogens with one attached hydrogen (secondary N) is 1. The van der Waals surface area contributed by atoms with E-state index in [2.05, 4.69) is 10.1 Å². The van der Waals surface area contributed by atoms with Gasteiger partial charge in [-0.15, -0.1) is 13.2 Å². The molecule has 0 aliphatic heterocycles. The van der Waals surface area contributed by atoms with Crippen LogP contribution in [0.5, 0.6) is 5.75 Å². The maximum Gasteiger partial charge on any atom is 0.573 e. The van der Waals surface area contributed by atoms with E-state index in [1.54, 1.807) is 24.3 Å². The summed E-state index contributed by atoms with van der Waals surface area (Å²) in [4.78, 5) is 11.9. The molecule has 2 aromatic rings. The molecule has 0 spiro atoms. The first-order valence-electron chi connectivity index (χ1n) is 6.50. The van der Waals surface area contributed by atoms with E-state index in [0.717, 1.165) is 17.7 Å². The number of carbonyl (C=O) groups is 1. The molecule has 0 saturated carbocycles. The Hall–Kier alpha value is -3.01. The van der Waals surface area contributed by atoms with Crippen LogP contribution in [0.15, 0.2) is 48.5 Å². The standard InChI is InChI=1S/C16H11F3N2O2/c17-16(18,19)23-14-6-4-13(5-7-14)15(22)21-10-12-3-1-2-11(8-12)9-20/h1-8H,10H2,(H,21,22). The lowest BCUT2D eigenvalue weighted by atomic mass is 10.1. The van der Waals surface area contributed by atoms with Crippen LogP contribution in [-0.4, -0.2) is 12.3 Å². The normalized spacial score (nSPS) is 10.7. The van der Waals surface area contributed by atoms with Gasteiger partial charge in [0.15, 0.2) is 0 Å². The molecule has 7 heteroatoms. The third kappa shape index (κ3) is 5.04. The summed E-state index contributed by atoms with van der Waals surface area (Å²) >= 11 is 0. The largest absolute Gasteiger partial charge is 0.573 e. The summed E-state index contributed by atoms with van der Waals surface area (Å²) < 4.78 is 39.9. The van der Waals surface area contributed by atoms with Gasteiger partial charge in [-0.2, -0.15) is 5.26 Å². The van der Waals surface area contributed by atoms with Gasteiger partial charge in [-0.1, -0.05) is 12.1 Å². The fraction of sp³-hybridized carbons (Fsp3) is 0.125. The van der Waals surface area contributed by atoms with Crippen molar-refractivity contribution in [3.05, 3.63) is 65.2 Å². The zero-order valence-electron chi connectivity index (χ0n) is 11.7. The zero-order chi connectivity index (χ0) is 16.9. The molecule has 0 aliphatic carbocycles. The van der Waals surface area contributed by atoms with Crippen molar-refractivity contribution < 1.29 is 22.7 Å². The smallest absolute Gasteiger partial charge is 0.406 e. The molecule has 1 amide bonds. The van der Waals surface area contributed by atoms with Gasteiger partial charge in [0.2, 0.25) is 0 Å². The fourth-order valence-electron chi connectivity index (χ4n) is 1.84. The molecule has 0 heterocycles. The molecule has 1 N–H and O–H groups in total. The van der Waals surface area contributed by atoms with Gasteiger partial charge < -0.3 is 10.1 Å². The first-order chi connectivity index (χ1) is 10.9. The van der Waals surface area contributed by atoms with Crippen molar-refractivity contribution in [1.82, 2.24) is 5.32 Å². The van der Waals surface area contributed by atoms with Crippen LogP contribution in [-0.2, 0) is 6.54 Å². The number of halogens is 3. The Bertz CT molecular complexity index is 734. The number of hydrogen-bond donors (Lipinski definition) is 1. The highest BCUT2D eigenvalue weighted by Gasteiger charge is 2.31. The lowest BCUT2D eigenvalue weighted by Gasteiger charge is -2.09. The van der Waals surface area contributed by atoms with Gasteiger partial charge in [-0.25, -0.2) is 0 Å². The molecule has 2 aromatic carbocycles. The molecule has 0 fully saturated rings. The highest BCUT2D eigenvalue weighted by molar-refractivity contribution is 5.94. The van der Waals surface area contributed by atoms with E-state index in [4.69, 9.17) is 5.26 Å². The maximum atomic E-state index is 12.0. The summed E-state index contributed by atoms with van der Waals surface area (Å²) in [5.41, 5.74) is 1.43. The predicted octanol–water partition coefficient (Wildman–Crippen LogP) is 3.39. The Morgan fingerprint density at radius 3 is 2.48 bits per heavy atom. The van der Waals surface area contributed by atoms with Crippen molar-refractivity contribution in [2.45, 2.75) is 12.9 Å². The van der Waals surface area contributed by atoms with Crippen molar-refractivity contribution in [2.75, 3.05) is 0 Å². The molecule has 2 rings (SSSR count). The number of alkyl halides is 3. The number of ether oxygens (including phenoxy) is 1. The van der Waals surface area contributed by atoms with Crippen LogP contribution in [0.3, 0.4) is 0 Å². The molecular weight excluding hydrogens is 309 g/mol. The molecule has 0 saturated heterocycles. The number of carbonyl (C=O) groups excluding carboxylic acids is 1. The maximum absolute atomic E-state index is 12.0. The third-order valence-electron chi connectivity index (χ3n) is 2.86. The van der Waals surface area contributed by atoms with Gasteiger partial charge in [0.25, 0.3) is 5.91 Å². The zero-order valence-corrected chi connectivity index (χ0v) is 11.7. The van der Waals surface area contributed by atoms with Crippen molar-refractivity contribution in [3.63, 3.8) is 0 Å². The van der Waals surface area contributed by atoms with Crippen molar-refractivity contribution in [1.29, 1.82) is 5.26 Å². The topological polar surface area (TPSA) is 62.1 Å². The first-order valence-corrected chi connectivity index (χ1v) is 6.50. The quantitative estimate of drug-likeness (QED) is 0.939. The highest BCUT2D eigenvalue weighted by atomic mass is 19.4. The molecule has 0 bridgehead atoms. The van der Waals surface area contributed by atoms with Gasteiger partial charge >= 0.3 is 6.36 Å². The van der Waals surface area contributed by atoms with E-state index in [9.17, 15) is 18.0 Å². The minimum Gasteiger partial charge on any atom is -0.406 e. The minimum absolute atomic E-state index is 0.204. The van der Waals surface area contributed by atoms with Gasteiger partial charge in [0, 0.05) is 12.1 Å². The van der Waals surface area contributed by atoms with Crippen molar-refractivity contribution in [2.24, 2.45) is 0 Å². The second-order valence-electron chi connectivity index (χ2n) is 4.57. The van der Waals surface area contributed by atoms with Crippen LogP contribution in [0.2, 0.25) is 0 Å². The molecule has 0 radical (unpaired) electrons. The lowest BCUT2D eigenvalue weighted by molar-refractivity contribution is -0.274. The Labute approximate surface area is 130 Å². The molecule has 23 heavy (non-hydrogen) atoms. The average molecular weight is 320 g/mol. The number of rotatable bonds is 4. The number of amides is 1. The molecule has 0 atom stereocenters. The summed E-state index contributed by atoms with van der Waals surface area (Å²) in [5, 5.41) is 11.4. The number of nitriles is 1. The second-order valence-corrected chi connectivity index (χ2v) is 4.57. The van der Waals surface area contributed by atoms with Crippen LogP contribution in [0.4, 0.5) is 13.2 Å². The van der Waals surface area contributed by atoms with E-state index in [1.807, 2.05) is 6.07 Å². The summed E-state index contributed by atoms with van der Waals surface area (Å²) in [6.07, 6.45) is -4.77. The van der Waals surface area contributed by atoms with Crippen LogP contribution >= 0.6 is 0 Å². The molecule has 0 aliphatic rings. The summed E-state index contributed by atoms with van der Waals surface area (Å²) in [6.45, 7) is 0.204. The van der Waals surface area contributed by atoms with Gasteiger partial charge in [-0.05, 0) is 42.0 Å². The predicted molar refractivity (Wildman–Crippen MR) is 75.5 cm³/mol. The lowest BCUT2D eigenvalue weighted by Crippen LogP contribution is -2.23. The molecular formula is C16H11F3N2O2. The minimum atomic E-state index is -4.77. The molecule has 4 nitrogen and oxygen atoms in total. The Morgan fingerprint density at radius 2 is 1.87 bits per heavy atom. The Kier molecular flexibility index (Phi) is 4.86. The molecule has 0 aromatic heterocycles. The average Bonchev–Trinajstić information content (AvgIpc) is 2.52. The van der Waals surface area contributed by atoms with Crippen LogP contribution in [0.25, 0.3) is 0 Å². The number of nitrogens with zero attached hydrogens (tertiary/aromatic N) is 1. The van der Waals surface area contributed by atoms with Gasteiger partial charge in [-0.3, -0.25) is 4.79 Å². The Balaban J connectivity index is 1.97. The summed E-state index contributed by atoms with van der Waals surface area (Å²) in [7, 11) is 0. The SMILES string of the molecule is N#Cc1cccc(CNC(=O)c2ccc(OC(F)(F)F)cc2)c1. The highest BCUT2D eigenvalue weighted by Crippen LogP contribution is 2.22. The van der Waals surface area contributed by atoms with Crippen LogP contribution < -0.4 is 10.1 Å². The van der Waals surface area contributed by atoms with Crippen molar-refractivity contribution in [3.8, 4) is 11.8 Å². The summed E-state index contributed by atoms with van der Waals surface area (Å²) in [5.74, 6) is -0.832. The van der Waals surface area contributed by atoms with Crippen LogP contribution in [0, 0.1) is 11.3 Å². The van der Waals surface area contributed by atoms with Crippen molar-refractivity contribution >= 4 is 5.91 Å². The third-order valence-corrected chi connectivity index (χ3v) is 2.86. The van der Waals surface area contributed by atoms with E-state index in [-0.39, 0.29) is 12.1 Å². The fourth-order valence-corrected chi connectivity index (χ4v) is 1.84.